The van der Waals surface area contributed by atoms with Gasteiger partial charge in [-0.25, -0.2) is 8.42 Å². The summed E-state index contributed by atoms with van der Waals surface area (Å²) in [4.78, 5) is 0. The van der Waals surface area contributed by atoms with E-state index in [4.69, 9.17) is 0 Å². The third-order valence-corrected chi connectivity index (χ3v) is 3.61. The second-order valence-electron chi connectivity index (χ2n) is 3.92. The molecule has 1 N–H and O–H groups in total. The van der Waals surface area contributed by atoms with Gasteiger partial charge in [0.05, 0.1) is 5.75 Å². The number of benzene rings is 1. The summed E-state index contributed by atoms with van der Waals surface area (Å²) in [7, 11) is -3.38. The zero-order valence-electron chi connectivity index (χ0n) is 10.2. The zero-order chi connectivity index (χ0) is 14.5. The van der Waals surface area contributed by atoms with E-state index in [1.54, 1.807) is 6.92 Å². The first-order valence-corrected chi connectivity index (χ1v) is 7.23. The van der Waals surface area contributed by atoms with Crippen molar-refractivity contribution in [2.75, 3.05) is 10.5 Å². The molecule has 0 radical (unpaired) electrons. The van der Waals surface area contributed by atoms with Crippen molar-refractivity contribution in [1.82, 2.24) is 0 Å². The highest BCUT2D eigenvalue weighted by Gasteiger charge is 2.21. The smallest absolute Gasteiger partial charge is 0.284 e. The molecule has 0 saturated carbocycles. The van der Waals surface area contributed by atoms with E-state index in [-0.39, 0.29) is 11.8 Å². The number of hydrogen-bond donors (Lipinski definition) is 1. The average Bonchev–Trinajstić information content (AvgIpc) is 2.26. The molecule has 7 heteroatoms. The SMILES string of the molecule is CCCS(=O)(=O)Nc1ccc(/C=C/C(F)(F)F)cc1. The van der Waals surface area contributed by atoms with E-state index in [0.29, 0.717) is 17.7 Å². The topological polar surface area (TPSA) is 46.2 Å². The first-order valence-electron chi connectivity index (χ1n) is 5.58. The summed E-state index contributed by atoms with van der Waals surface area (Å²) in [5, 5.41) is 0. The van der Waals surface area contributed by atoms with Crippen molar-refractivity contribution in [2.24, 2.45) is 0 Å². The lowest BCUT2D eigenvalue weighted by Gasteiger charge is -2.07. The molecule has 19 heavy (non-hydrogen) atoms. The van der Waals surface area contributed by atoms with Gasteiger partial charge >= 0.3 is 6.18 Å². The van der Waals surface area contributed by atoms with Gasteiger partial charge in [0, 0.05) is 11.8 Å². The molecule has 0 aliphatic carbocycles. The first kappa shape index (κ1) is 15.6. The van der Waals surface area contributed by atoms with Crippen LogP contribution in [0.4, 0.5) is 18.9 Å². The Morgan fingerprint density at radius 3 is 2.26 bits per heavy atom. The Balaban J connectivity index is 2.75. The molecule has 3 nitrogen and oxygen atoms in total. The number of nitrogens with one attached hydrogen (secondary N) is 1. The van der Waals surface area contributed by atoms with E-state index in [1.807, 2.05) is 0 Å². The number of allylic oxidation sites excluding steroid dienone is 1. The van der Waals surface area contributed by atoms with Gasteiger partial charge in [0.25, 0.3) is 0 Å². The number of rotatable bonds is 5. The van der Waals surface area contributed by atoms with Crippen LogP contribution in [0.25, 0.3) is 6.08 Å². The van der Waals surface area contributed by atoms with Crippen LogP contribution in [0.5, 0.6) is 0 Å². The van der Waals surface area contributed by atoms with Crippen LogP contribution in [0.3, 0.4) is 0 Å². The summed E-state index contributed by atoms with van der Waals surface area (Å²) >= 11 is 0. The third-order valence-electron chi connectivity index (χ3n) is 2.12. The summed E-state index contributed by atoms with van der Waals surface area (Å²) in [6.45, 7) is 1.74. The van der Waals surface area contributed by atoms with E-state index in [9.17, 15) is 21.6 Å². The van der Waals surface area contributed by atoms with Crippen LogP contribution in [0.1, 0.15) is 18.9 Å². The highest BCUT2D eigenvalue weighted by molar-refractivity contribution is 7.92. The van der Waals surface area contributed by atoms with Gasteiger partial charge in [-0.05, 0) is 24.1 Å². The molecule has 0 unspecified atom stereocenters. The van der Waals surface area contributed by atoms with Gasteiger partial charge in [0.15, 0.2) is 0 Å². The number of alkyl halides is 3. The Bertz CT molecular complexity index is 533. The van der Waals surface area contributed by atoms with E-state index in [1.165, 1.54) is 24.3 Å². The molecule has 106 valence electrons. The molecule has 0 aliphatic heterocycles. The molecule has 0 saturated heterocycles. The van der Waals surface area contributed by atoms with Crippen molar-refractivity contribution in [3.05, 3.63) is 35.9 Å². The van der Waals surface area contributed by atoms with Crippen LogP contribution in [-0.4, -0.2) is 20.3 Å². The summed E-state index contributed by atoms with van der Waals surface area (Å²) in [6.07, 6.45) is -2.82. The van der Waals surface area contributed by atoms with Crippen LogP contribution in [0.2, 0.25) is 0 Å². The van der Waals surface area contributed by atoms with Crippen molar-refractivity contribution in [3.8, 4) is 0 Å². The molecule has 1 rings (SSSR count). The van der Waals surface area contributed by atoms with Crippen molar-refractivity contribution < 1.29 is 21.6 Å². The average molecular weight is 293 g/mol. The number of sulfonamides is 1. The van der Waals surface area contributed by atoms with Gasteiger partial charge in [0.2, 0.25) is 10.0 Å². The molecule has 0 aromatic heterocycles. The number of halogens is 3. The molecule has 0 amide bonds. The van der Waals surface area contributed by atoms with Gasteiger partial charge < -0.3 is 0 Å². The molecule has 0 fully saturated rings. The minimum Gasteiger partial charge on any atom is -0.284 e. The van der Waals surface area contributed by atoms with Crippen molar-refractivity contribution in [2.45, 2.75) is 19.5 Å². The summed E-state index contributed by atoms with van der Waals surface area (Å²) in [5.41, 5.74) is 0.674. The van der Waals surface area contributed by atoms with E-state index >= 15 is 0 Å². The highest BCUT2D eigenvalue weighted by atomic mass is 32.2. The minimum atomic E-state index is -4.36. The van der Waals surface area contributed by atoms with Gasteiger partial charge in [-0.2, -0.15) is 13.2 Å². The standard InChI is InChI=1S/C12H14F3NO2S/c1-2-9-19(17,18)16-11-5-3-10(4-6-11)7-8-12(13,14)15/h3-8,16H,2,9H2,1H3/b8-7+. The van der Waals surface area contributed by atoms with Crippen LogP contribution in [0, 0.1) is 0 Å². The fraction of sp³-hybridized carbons (Fsp3) is 0.333. The van der Waals surface area contributed by atoms with Crippen LogP contribution < -0.4 is 4.72 Å². The maximum absolute atomic E-state index is 11.9. The largest absolute Gasteiger partial charge is 0.409 e. The van der Waals surface area contributed by atoms with Gasteiger partial charge in [-0.1, -0.05) is 25.1 Å². The second-order valence-corrected chi connectivity index (χ2v) is 5.76. The maximum atomic E-state index is 11.9. The van der Waals surface area contributed by atoms with E-state index < -0.39 is 16.2 Å². The fourth-order valence-electron chi connectivity index (χ4n) is 1.35. The van der Waals surface area contributed by atoms with Gasteiger partial charge in [-0.3, -0.25) is 4.72 Å². The Hall–Kier alpha value is -1.50. The third kappa shape index (κ3) is 6.28. The van der Waals surface area contributed by atoms with Crippen LogP contribution in [-0.2, 0) is 10.0 Å². The molecule has 1 aromatic rings. The zero-order valence-corrected chi connectivity index (χ0v) is 11.1. The summed E-state index contributed by atoms with van der Waals surface area (Å²) < 4.78 is 61.1. The molecule has 0 aliphatic rings. The molecule has 0 atom stereocenters. The second kappa shape index (κ2) is 6.10. The highest BCUT2D eigenvalue weighted by Crippen LogP contribution is 2.19. The Kier molecular flexibility index (Phi) is 4.99. The fourth-order valence-corrected chi connectivity index (χ4v) is 2.49. The molecule has 0 heterocycles. The Labute approximate surface area is 110 Å². The van der Waals surface area contributed by atoms with Crippen molar-refractivity contribution in [3.63, 3.8) is 0 Å². The van der Waals surface area contributed by atoms with E-state index in [2.05, 4.69) is 4.72 Å². The quantitative estimate of drug-likeness (QED) is 0.904. The van der Waals surface area contributed by atoms with Crippen molar-refractivity contribution in [1.29, 1.82) is 0 Å². The summed E-state index contributed by atoms with van der Waals surface area (Å²) in [5.74, 6) is 0.00271. The molecule has 0 bridgehead atoms. The normalized spacial score (nSPS) is 12.8. The monoisotopic (exact) mass is 293 g/mol. The Morgan fingerprint density at radius 2 is 1.79 bits per heavy atom. The Morgan fingerprint density at radius 1 is 1.21 bits per heavy atom. The van der Waals surface area contributed by atoms with Crippen LogP contribution >= 0.6 is 0 Å². The lowest BCUT2D eigenvalue weighted by atomic mass is 10.2. The summed E-state index contributed by atoms with van der Waals surface area (Å²) in [6, 6.07) is 5.66. The predicted molar refractivity (Wildman–Crippen MR) is 69.2 cm³/mol. The molecule has 1 aromatic carbocycles. The lowest BCUT2D eigenvalue weighted by Crippen LogP contribution is -2.15. The van der Waals surface area contributed by atoms with Crippen molar-refractivity contribution >= 4 is 21.8 Å². The predicted octanol–water partition coefficient (Wildman–Crippen LogP) is 3.41. The number of anilines is 1. The lowest BCUT2D eigenvalue weighted by molar-refractivity contribution is -0.0790. The number of hydrogen-bond acceptors (Lipinski definition) is 2. The molecular weight excluding hydrogens is 279 g/mol. The molecular formula is C12H14F3NO2S. The van der Waals surface area contributed by atoms with Gasteiger partial charge in [0.1, 0.15) is 0 Å². The first-order chi connectivity index (χ1) is 8.72. The van der Waals surface area contributed by atoms with Gasteiger partial charge in [-0.15, -0.1) is 0 Å². The maximum Gasteiger partial charge on any atom is 0.409 e. The molecule has 0 spiro atoms. The minimum absolute atomic E-state index is 0.00271. The van der Waals surface area contributed by atoms with E-state index in [0.717, 1.165) is 6.08 Å². The van der Waals surface area contributed by atoms with Crippen LogP contribution in [0.15, 0.2) is 30.3 Å².